The van der Waals surface area contributed by atoms with Gasteiger partial charge in [0.05, 0.1) is 6.04 Å². The Morgan fingerprint density at radius 1 is 1.62 bits per heavy atom. The fourth-order valence-corrected chi connectivity index (χ4v) is 1.99. The monoisotopic (exact) mass is 229 g/mol. The standard InChI is InChI=1S/C10H19N3O3/c1-7(9(15)12-10(11)16)13-4-2-3-8(5-13)6-14/h7-8,14H,2-6H2,1H3,(H3,11,12,15,16). The molecule has 6 nitrogen and oxygen atoms in total. The molecule has 0 aromatic heterocycles. The SMILES string of the molecule is CC(C(=O)NC(N)=O)N1CCCC(CO)C1. The fraction of sp³-hybridized carbons (Fsp3) is 0.800. The molecule has 0 aromatic rings. The van der Waals surface area contributed by atoms with Crippen LogP contribution in [0.2, 0.25) is 0 Å². The van der Waals surface area contributed by atoms with Crippen molar-refractivity contribution in [3.63, 3.8) is 0 Å². The van der Waals surface area contributed by atoms with Crippen LogP contribution in [0.3, 0.4) is 0 Å². The number of carbonyl (C=O) groups is 2. The molecule has 1 rings (SSSR count). The molecule has 1 heterocycles. The second kappa shape index (κ2) is 5.81. The van der Waals surface area contributed by atoms with E-state index in [9.17, 15) is 9.59 Å². The fourth-order valence-electron chi connectivity index (χ4n) is 1.99. The van der Waals surface area contributed by atoms with Crippen molar-refractivity contribution in [1.29, 1.82) is 0 Å². The number of likely N-dealkylation sites (tertiary alicyclic amines) is 1. The second-order valence-electron chi connectivity index (χ2n) is 4.22. The molecular formula is C10H19N3O3. The number of rotatable bonds is 3. The lowest BCUT2D eigenvalue weighted by Gasteiger charge is -2.35. The van der Waals surface area contributed by atoms with Gasteiger partial charge in [-0.2, -0.15) is 0 Å². The van der Waals surface area contributed by atoms with Crippen molar-refractivity contribution < 1.29 is 14.7 Å². The largest absolute Gasteiger partial charge is 0.396 e. The molecule has 0 aromatic carbocycles. The zero-order valence-corrected chi connectivity index (χ0v) is 9.48. The minimum Gasteiger partial charge on any atom is -0.396 e. The van der Waals surface area contributed by atoms with Crippen molar-refractivity contribution in [2.24, 2.45) is 11.7 Å². The zero-order valence-electron chi connectivity index (χ0n) is 9.48. The molecule has 0 aliphatic carbocycles. The molecule has 1 aliphatic heterocycles. The van der Waals surface area contributed by atoms with Crippen LogP contribution in [0.25, 0.3) is 0 Å². The van der Waals surface area contributed by atoms with Gasteiger partial charge in [0, 0.05) is 13.2 Å². The highest BCUT2D eigenvalue weighted by molar-refractivity contribution is 5.96. The quantitative estimate of drug-likeness (QED) is 0.594. The van der Waals surface area contributed by atoms with Crippen molar-refractivity contribution in [2.45, 2.75) is 25.8 Å². The van der Waals surface area contributed by atoms with E-state index in [1.165, 1.54) is 0 Å². The highest BCUT2D eigenvalue weighted by Gasteiger charge is 2.27. The molecule has 92 valence electrons. The number of nitrogens with two attached hydrogens (primary N) is 1. The van der Waals surface area contributed by atoms with E-state index < -0.39 is 6.03 Å². The Labute approximate surface area is 94.8 Å². The number of primary amides is 1. The van der Waals surface area contributed by atoms with Crippen LogP contribution in [-0.2, 0) is 4.79 Å². The van der Waals surface area contributed by atoms with Gasteiger partial charge in [0.15, 0.2) is 0 Å². The molecule has 0 bridgehead atoms. The minimum atomic E-state index is -0.826. The van der Waals surface area contributed by atoms with Crippen LogP contribution in [0, 0.1) is 5.92 Å². The number of aliphatic hydroxyl groups excluding tert-OH is 1. The molecule has 0 radical (unpaired) electrons. The predicted molar refractivity (Wildman–Crippen MR) is 58.6 cm³/mol. The lowest BCUT2D eigenvalue weighted by Crippen LogP contribution is -2.51. The highest BCUT2D eigenvalue weighted by atomic mass is 16.3. The Bertz CT molecular complexity index is 270. The number of carbonyl (C=O) groups excluding carboxylic acids is 2. The molecule has 2 atom stereocenters. The summed E-state index contributed by atoms with van der Waals surface area (Å²) in [6.07, 6.45) is 1.94. The van der Waals surface area contributed by atoms with E-state index >= 15 is 0 Å². The molecule has 6 heteroatoms. The number of hydrogen-bond acceptors (Lipinski definition) is 4. The summed E-state index contributed by atoms with van der Waals surface area (Å²) in [5.74, 6) is -0.163. The van der Waals surface area contributed by atoms with E-state index in [-0.39, 0.29) is 24.5 Å². The summed E-state index contributed by atoms with van der Waals surface area (Å²) in [5, 5.41) is 11.1. The van der Waals surface area contributed by atoms with E-state index in [2.05, 4.69) is 5.32 Å². The number of nitrogens with zero attached hydrogens (tertiary/aromatic N) is 1. The molecule has 1 aliphatic rings. The Morgan fingerprint density at radius 3 is 2.88 bits per heavy atom. The zero-order chi connectivity index (χ0) is 12.1. The van der Waals surface area contributed by atoms with Gasteiger partial charge in [0.1, 0.15) is 0 Å². The first-order valence-corrected chi connectivity index (χ1v) is 5.49. The van der Waals surface area contributed by atoms with Crippen molar-refractivity contribution in [3.8, 4) is 0 Å². The van der Waals surface area contributed by atoms with Crippen molar-refractivity contribution in [3.05, 3.63) is 0 Å². The van der Waals surface area contributed by atoms with Gasteiger partial charge in [-0.25, -0.2) is 4.79 Å². The summed E-state index contributed by atoms with van der Waals surface area (Å²) >= 11 is 0. The topological polar surface area (TPSA) is 95.7 Å². The van der Waals surface area contributed by atoms with Gasteiger partial charge < -0.3 is 10.8 Å². The number of hydrogen-bond donors (Lipinski definition) is 3. The van der Waals surface area contributed by atoms with E-state index in [0.29, 0.717) is 6.54 Å². The maximum Gasteiger partial charge on any atom is 0.318 e. The van der Waals surface area contributed by atoms with Crippen LogP contribution in [-0.4, -0.2) is 47.7 Å². The average molecular weight is 229 g/mol. The Balaban J connectivity index is 2.49. The van der Waals surface area contributed by atoms with E-state index in [1.807, 2.05) is 4.90 Å². The molecule has 0 spiro atoms. The van der Waals surface area contributed by atoms with Gasteiger partial charge in [-0.05, 0) is 32.2 Å². The number of amides is 3. The molecule has 16 heavy (non-hydrogen) atoms. The smallest absolute Gasteiger partial charge is 0.318 e. The average Bonchev–Trinajstić information content (AvgIpc) is 2.27. The molecule has 3 amide bonds. The van der Waals surface area contributed by atoms with Gasteiger partial charge in [0.25, 0.3) is 0 Å². The maximum absolute atomic E-state index is 11.5. The molecule has 1 fully saturated rings. The first kappa shape index (κ1) is 12.9. The van der Waals surface area contributed by atoms with Crippen LogP contribution < -0.4 is 11.1 Å². The molecule has 1 saturated heterocycles. The van der Waals surface area contributed by atoms with Crippen LogP contribution in [0.15, 0.2) is 0 Å². The van der Waals surface area contributed by atoms with Crippen LogP contribution >= 0.6 is 0 Å². The molecule has 0 saturated carbocycles. The Kier molecular flexibility index (Phi) is 4.70. The number of piperidine rings is 1. The van der Waals surface area contributed by atoms with Crippen molar-refractivity contribution in [1.82, 2.24) is 10.2 Å². The van der Waals surface area contributed by atoms with Crippen molar-refractivity contribution >= 4 is 11.9 Å². The normalized spacial score (nSPS) is 23.8. The summed E-state index contributed by atoms with van der Waals surface area (Å²) in [7, 11) is 0. The molecular weight excluding hydrogens is 210 g/mol. The van der Waals surface area contributed by atoms with Gasteiger partial charge in [0.2, 0.25) is 5.91 Å². The summed E-state index contributed by atoms with van der Waals surface area (Å²) in [5.41, 5.74) is 4.88. The van der Waals surface area contributed by atoms with Gasteiger partial charge in [-0.3, -0.25) is 15.0 Å². The van der Waals surface area contributed by atoms with Gasteiger partial charge >= 0.3 is 6.03 Å². The highest BCUT2D eigenvalue weighted by Crippen LogP contribution is 2.17. The number of nitrogens with one attached hydrogen (secondary N) is 1. The van der Waals surface area contributed by atoms with Crippen LogP contribution in [0.4, 0.5) is 4.79 Å². The van der Waals surface area contributed by atoms with Gasteiger partial charge in [-0.15, -0.1) is 0 Å². The second-order valence-corrected chi connectivity index (χ2v) is 4.22. The summed E-state index contributed by atoms with van der Waals surface area (Å²) < 4.78 is 0. The predicted octanol–water partition coefficient (Wildman–Crippen LogP) is -0.726. The van der Waals surface area contributed by atoms with Gasteiger partial charge in [-0.1, -0.05) is 0 Å². The maximum atomic E-state index is 11.5. The van der Waals surface area contributed by atoms with E-state index in [1.54, 1.807) is 6.92 Å². The number of aliphatic hydroxyl groups is 1. The third kappa shape index (κ3) is 3.46. The Hall–Kier alpha value is -1.14. The van der Waals surface area contributed by atoms with Crippen LogP contribution in [0.5, 0.6) is 0 Å². The van der Waals surface area contributed by atoms with E-state index in [0.717, 1.165) is 19.4 Å². The summed E-state index contributed by atoms with van der Waals surface area (Å²) in [4.78, 5) is 24.0. The minimum absolute atomic E-state index is 0.140. The lowest BCUT2D eigenvalue weighted by molar-refractivity contribution is -0.125. The third-order valence-corrected chi connectivity index (χ3v) is 2.98. The third-order valence-electron chi connectivity index (χ3n) is 2.98. The molecule has 2 unspecified atom stereocenters. The van der Waals surface area contributed by atoms with E-state index in [4.69, 9.17) is 10.8 Å². The number of imide groups is 1. The first-order chi connectivity index (χ1) is 7.54. The molecule has 4 N–H and O–H groups in total. The number of urea groups is 1. The summed E-state index contributed by atoms with van der Waals surface area (Å²) in [6.45, 7) is 3.37. The Morgan fingerprint density at radius 2 is 2.31 bits per heavy atom. The van der Waals surface area contributed by atoms with Crippen LogP contribution in [0.1, 0.15) is 19.8 Å². The summed E-state index contributed by atoms with van der Waals surface area (Å²) in [6, 6.07) is -1.21. The lowest BCUT2D eigenvalue weighted by atomic mass is 9.97. The van der Waals surface area contributed by atoms with Crippen molar-refractivity contribution in [2.75, 3.05) is 19.7 Å². The first-order valence-electron chi connectivity index (χ1n) is 5.49.